The SMILES string of the molecule is COc1ccc([C@H]2CCCN2C(=O)CCc2ccc3c(c2)C[C@@H](C)O3)cc1OC. The van der Waals surface area contributed by atoms with Gasteiger partial charge in [-0.1, -0.05) is 18.2 Å². The number of aryl methyl sites for hydroxylation is 1. The summed E-state index contributed by atoms with van der Waals surface area (Å²) in [5, 5.41) is 0. The Labute approximate surface area is 172 Å². The van der Waals surface area contributed by atoms with Gasteiger partial charge in [-0.25, -0.2) is 0 Å². The van der Waals surface area contributed by atoms with Gasteiger partial charge in [0.25, 0.3) is 0 Å². The van der Waals surface area contributed by atoms with Crippen molar-refractivity contribution in [3.05, 3.63) is 53.1 Å². The summed E-state index contributed by atoms with van der Waals surface area (Å²) in [6.07, 6.45) is 4.49. The second-order valence-electron chi connectivity index (χ2n) is 7.93. The van der Waals surface area contributed by atoms with E-state index in [0.29, 0.717) is 17.9 Å². The van der Waals surface area contributed by atoms with Crippen molar-refractivity contribution >= 4 is 5.91 Å². The van der Waals surface area contributed by atoms with Crippen LogP contribution in [0.25, 0.3) is 0 Å². The third-order valence-electron chi connectivity index (χ3n) is 5.95. The molecule has 5 nitrogen and oxygen atoms in total. The van der Waals surface area contributed by atoms with Crippen LogP contribution in [0.4, 0.5) is 0 Å². The molecule has 0 aromatic heterocycles. The standard InChI is InChI=1S/C24H29NO4/c1-16-13-19-14-17(6-9-21(19)29-16)7-11-24(26)25-12-4-5-20(25)18-8-10-22(27-2)23(15-18)28-3/h6,8-10,14-16,20H,4-5,7,11-13H2,1-3H3/t16-,20-/m1/s1. The number of ether oxygens (including phenoxy) is 3. The van der Waals surface area contributed by atoms with Gasteiger partial charge in [0.2, 0.25) is 5.91 Å². The Bertz CT molecular complexity index is 894. The zero-order valence-electron chi connectivity index (χ0n) is 17.4. The highest BCUT2D eigenvalue weighted by Crippen LogP contribution is 2.37. The molecule has 0 spiro atoms. The van der Waals surface area contributed by atoms with Crippen molar-refractivity contribution in [1.82, 2.24) is 4.90 Å². The largest absolute Gasteiger partial charge is 0.493 e. The average molecular weight is 395 g/mol. The molecule has 2 aromatic rings. The Balaban J connectivity index is 1.43. The molecule has 1 amide bonds. The number of carbonyl (C=O) groups excluding carboxylic acids is 1. The van der Waals surface area contributed by atoms with Gasteiger partial charge in [-0.3, -0.25) is 4.79 Å². The molecule has 154 valence electrons. The van der Waals surface area contributed by atoms with Crippen molar-refractivity contribution in [2.45, 2.75) is 51.2 Å². The lowest BCUT2D eigenvalue weighted by Crippen LogP contribution is -2.30. The van der Waals surface area contributed by atoms with Crippen molar-refractivity contribution in [2.24, 2.45) is 0 Å². The molecule has 2 aliphatic heterocycles. The van der Waals surface area contributed by atoms with E-state index < -0.39 is 0 Å². The Morgan fingerprint density at radius 2 is 1.97 bits per heavy atom. The van der Waals surface area contributed by atoms with Crippen molar-refractivity contribution < 1.29 is 19.0 Å². The first kappa shape index (κ1) is 19.6. The summed E-state index contributed by atoms with van der Waals surface area (Å²) in [6, 6.07) is 12.4. The lowest BCUT2D eigenvalue weighted by atomic mass is 10.0. The first-order valence-corrected chi connectivity index (χ1v) is 10.4. The van der Waals surface area contributed by atoms with E-state index in [0.717, 1.165) is 43.5 Å². The molecule has 2 atom stereocenters. The molecule has 1 saturated heterocycles. The van der Waals surface area contributed by atoms with Gasteiger partial charge >= 0.3 is 0 Å². The number of benzene rings is 2. The normalized spacial score (nSPS) is 20.3. The van der Waals surface area contributed by atoms with Crippen molar-refractivity contribution in [3.8, 4) is 17.2 Å². The van der Waals surface area contributed by atoms with E-state index >= 15 is 0 Å². The maximum atomic E-state index is 13.0. The molecule has 0 unspecified atom stereocenters. The van der Waals surface area contributed by atoms with Gasteiger partial charge in [0.1, 0.15) is 11.9 Å². The van der Waals surface area contributed by atoms with E-state index in [9.17, 15) is 4.79 Å². The van der Waals surface area contributed by atoms with Crippen LogP contribution in [0.2, 0.25) is 0 Å². The minimum absolute atomic E-state index is 0.108. The Morgan fingerprint density at radius 3 is 2.76 bits per heavy atom. The number of hydrogen-bond acceptors (Lipinski definition) is 4. The molecule has 2 aliphatic rings. The third-order valence-corrected chi connectivity index (χ3v) is 5.95. The van der Waals surface area contributed by atoms with Crippen LogP contribution in [0.1, 0.15) is 48.9 Å². The zero-order chi connectivity index (χ0) is 20.4. The number of fused-ring (bicyclic) bond motifs is 1. The van der Waals surface area contributed by atoms with Gasteiger partial charge in [0, 0.05) is 19.4 Å². The third kappa shape index (κ3) is 4.04. The summed E-state index contributed by atoms with van der Waals surface area (Å²) >= 11 is 0. The smallest absolute Gasteiger partial charge is 0.223 e. The Hall–Kier alpha value is -2.69. The molecule has 0 aliphatic carbocycles. The zero-order valence-corrected chi connectivity index (χ0v) is 17.4. The molecular formula is C24H29NO4. The maximum absolute atomic E-state index is 13.0. The van der Waals surface area contributed by atoms with E-state index in [4.69, 9.17) is 14.2 Å². The molecule has 0 N–H and O–H groups in total. The first-order chi connectivity index (χ1) is 14.1. The van der Waals surface area contributed by atoms with E-state index in [1.54, 1.807) is 14.2 Å². The van der Waals surface area contributed by atoms with Crippen molar-refractivity contribution in [3.63, 3.8) is 0 Å². The molecular weight excluding hydrogens is 366 g/mol. The van der Waals surface area contributed by atoms with Gasteiger partial charge in [-0.2, -0.15) is 0 Å². The molecule has 2 heterocycles. The maximum Gasteiger partial charge on any atom is 0.223 e. The van der Waals surface area contributed by atoms with E-state index in [1.807, 2.05) is 29.2 Å². The summed E-state index contributed by atoms with van der Waals surface area (Å²) in [6.45, 7) is 2.90. The minimum atomic E-state index is 0.108. The van der Waals surface area contributed by atoms with Crippen LogP contribution in [0.3, 0.4) is 0 Å². The Morgan fingerprint density at radius 1 is 1.14 bits per heavy atom. The fourth-order valence-electron chi connectivity index (χ4n) is 4.50. The predicted molar refractivity (Wildman–Crippen MR) is 112 cm³/mol. The predicted octanol–water partition coefficient (Wildman–Crippen LogP) is 4.32. The molecule has 29 heavy (non-hydrogen) atoms. The first-order valence-electron chi connectivity index (χ1n) is 10.4. The second kappa shape index (κ2) is 8.36. The van der Waals surface area contributed by atoms with Crippen molar-refractivity contribution in [1.29, 1.82) is 0 Å². The summed E-state index contributed by atoms with van der Waals surface area (Å²) in [5.74, 6) is 2.62. The van der Waals surface area contributed by atoms with Gasteiger partial charge in [0.05, 0.1) is 20.3 Å². The van der Waals surface area contributed by atoms with Crippen LogP contribution >= 0.6 is 0 Å². The summed E-state index contributed by atoms with van der Waals surface area (Å²) in [4.78, 5) is 15.0. The summed E-state index contributed by atoms with van der Waals surface area (Å²) in [5.41, 5.74) is 3.57. The molecule has 0 bridgehead atoms. The van der Waals surface area contributed by atoms with Crippen LogP contribution < -0.4 is 14.2 Å². The number of carbonyl (C=O) groups is 1. The van der Waals surface area contributed by atoms with Gasteiger partial charge < -0.3 is 19.1 Å². The topological polar surface area (TPSA) is 48.0 Å². The fraction of sp³-hybridized carbons (Fsp3) is 0.458. The average Bonchev–Trinajstić information content (AvgIpc) is 3.36. The van der Waals surface area contributed by atoms with E-state index in [2.05, 4.69) is 19.1 Å². The van der Waals surface area contributed by atoms with Crippen LogP contribution in [-0.2, 0) is 17.6 Å². The van der Waals surface area contributed by atoms with Crippen molar-refractivity contribution in [2.75, 3.05) is 20.8 Å². The Kier molecular flexibility index (Phi) is 5.65. The quantitative estimate of drug-likeness (QED) is 0.731. The number of amides is 1. The minimum Gasteiger partial charge on any atom is -0.493 e. The molecule has 0 saturated carbocycles. The van der Waals surface area contributed by atoms with Crippen LogP contribution in [0, 0.1) is 0 Å². The van der Waals surface area contributed by atoms with E-state index in [-0.39, 0.29) is 18.1 Å². The highest BCUT2D eigenvalue weighted by molar-refractivity contribution is 5.77. The number of methoxy groups -OCH3 is 2. The molecule has 2 aromatic carbocycles. The monoisotopic (exact) mass is 395 g/mol. The highest BCUT2D eigenvalue weighted by atomic mass is 16.5. The second-order valence-corrected chi connectivity index (χ2v) is 7.93. The lowest BCUT2D eigenvalue weighted by Gasteiger charge is -2.26. The number of likely N-dealkylation sites (tertiary alicyclic amines) is 1. The number of rotatable bonds is 6. The van der Waals surface area contributed by atoms with Gasteiger partial charge in [0.15, 0.2) is 11.5 Å². The van der Waals surface area contributed by atoms with Gasteiger partial charge in [-0.15, -0.1) is 0 Å². The highest BCUT2D eigenvalue weighted by Gasteiger charge is 2.30. The molecule has 0 radical (unpaired) electrons. The van der Waals surface area contributed by atoms with Crippen LogP contribution in [-0.4, -0.2) is 37.7 Å². The lowest BCUT2D eigenvalue weighted by molar-refractivity contribution is -0.132. The summed E-state index contributed by atoms with van der Waals surface area (Å²) in [7, 11) is 3.27. The van der Waals surface area contributed by atoms with Gasteiger partial charge in [-0.05, 0) is 61.1 Å². The van der Waals surface area contributed by atoms with E-state index in [1.165, 1.54) is 11.1 Å². The molecule has 5 heteroatoms. The number of nitrogens with zero attached hydrogens (tertiary/aromatic N) is 1. The van der Waals surface area contributed by atoms with Crippen LogP contribution in [0.15, 0.2) is 36.4 Å². The van der Waals surface area contributed by atoms with Crippen LogP contribution in [0.5, 0.6) is 17.2 Å². The molecule has 4 rings (SSSR count). The fourth-order valence-corrected chi connectivity index (χ4v) is 4.50. The number of hydrogen-bond donors (Lipinski definition) is 0. The summed E-state index contributed by atoms with van der Waals surface area (Å²) < 4.78 is 16.6. The molecule has 1 fully saturated rings.